The second-order valence-electron chi connectivity index (χ2n) is 12.9. The van der Waals surface area contributed by atoms with Crippen LogP contribution in [-0.2, 0) is 19.1 Å². The van der Waals surface area contributed by atoms with Crippen molar-refractivity contribution in [2.24, 2.45) is 10.7 Å². The highest BCUT2D eigenvalue weighted by Crippen LogP contribution is 2.36. The summed E-state index contributed by atoms with van der Waals surface area (Å²) in [7, 11) is 6.30. The Bertz CT molecular complexity index is 1960. The molecule has 0 bridgehead atoms. The number of nitrogens with two attached hydrogens (primary N) is 1. The van der Waals surface area contributed by atoms with Crippen LogP contribution in [-0.4, -0.2) is 123 Å². The molecule has 4 aromatic rings. The van der Waals surface area contributed by atoms with Gasteiger partial charge in [-0.05, 0) is 69.3 Å². The summed E-state index contributed by atoms with van der Waals surface area (Å²) in [5.74, 6) is -1.77. The first-order chi connectivity index (χ1) is 25.6. The standard InChI is InChI=1S/C39H47N7O7.ClH/c1-43-20-22-45(23-21-43)25-33(47)44(2)29-16-14-28(15-17-29)41-35(26-10-6-5-7-11-26)34-30-18-13-27(37(49)52-3)24-32(30)46(36(34)48)39(51)42-31(38(50)53-4)12-8-9-19-40;/h5-7,10-11,13-18,24,31,48H,8-9,12,19-23,25,40H2,1-4H3,(H,42,51);1H/t31-;/m0./s1. The Hall–Kier alpha value is -5.28. The van der Waals surface area contributed by atoms with Crippen LogP contribution in [0.2, 0.25) is 0 Å². The number of methoxy groups -OCH3 is 2. The largest absolute Gasteiger partial charge is 0.494 e. The average molecular weight is 762 g/mol. The number of likely N-dealkylation sites (N-methyl/N-ethyl adjacent to an activating group) is 2. The predicted octanol–water partition coefficient (Wildman–Crippen LogP) is 4.16. The smallest absolute Gasteiger partial charge is 0.337 e. The van der Waals surface area contributed by atoms with Crippen LogP contribution in [0.15, 0.2) is 77.8 Å². The molecular formula is C39H48ClN7O7. The molecular weight excluding hydrogens is 714 g/mol. The Labute approximate surface area is 320 Å². The lowest BCUT2D eigenvalue weighted by atomic mass is 10.00. The Morgan fingerprint density at radius 1 is 0.926 bits per heavy atom. The second-order valence-corrected chi connectivity index (χ2v) is 12.9. The number of aromatic hydroxyl groups is 1. The maximum absolute atomic E-state index is 14.0. The van der Waals surface area contributed by atoms with Crippen molar-refractivity contribution in [3.05, 3.63) is 89.5 Å². The minimum atomic E-state index is -1.02. The Morgan fingerprint density at radius 3 is 2.24 bits per heavy atom. The molecule has 0 unspecified atom stereocenters. The molecule has 0 radical (unpaired) electrons. The van der Waals surface area contributed by atoms with Crippen molar-refractivity contribution >= 4 is 64.3 Å². The Morgan fingerprint density at radius 2 is 1.61 bits per heavy atom. The van der Waals surface area contributed by atoms with Gasteiger partial charge in [-0.25, -0.2) is 23.9 Å². The molecule has 1 saturated heterocycles. The lowest BCUT2D eigenvalue weighted by molar-refractivity contribution is -0.143. The third kappa shape index (κ3) is 9.63. The molecule has 14 nitrogen and oxygen atoms in total. The Kier molecular flexibility index (Phi) is 14.7. The summed E-state index contributed by atoms with van der Waals surface area (Å²) in [5, 5.41) is 15.1. The number of hydrogen-bond donors (Lipinski definition) is 3. The third-order valence-corrected chi connectivity index (χ3v) is 9.39. The molecule has 0 spiro atoms. The van der Waals surface area contributed by atoms with Crippen LogP contribution in [0.25, 0.3) is 10.9 Å². The van der Waals surface area contributed by atoms with Gasteiger partial charge in [0.25, 0.3) is 0 Å². The highest BCUT2D eigenvalue weighted by atomic mass is 35.5. The number of ether oxygens (including phenoxy) is 2. The van der Waals surface area contributed by atoms with Gasteiger partial charge >= 0.3 is 18.0 Å². The monoisotopic (exact) mass is 761 g/mol. The van der Waals surface area contributed by atoms with E-state index in [9.17, 15) is 24.3 Å². The predicted molar refractivity (Wildman–Crippen MR) is 210 cm³/mol. The number of amides is 2. The topological polar surface area (TPSA) is 172 Å². The molecule has 1 aliphatic heterocycles. The number of aliphatic imine (C=N–C) groups is 1. The van der Waals surface area contributed by atoms with Gasteiger partial charge in [-0.1, -0.05) is 36.4 Å². The van der Waals surface area contributed by atoms with Gasteiger partial charge in [0.1, 0.15) is 6.04 Å². The average Bonchev–Trinajstić information content (AvgIpc) is 3.47. The number of halogens is 1. The second kappa shape index (κ2) is 19.2. The molecule has 2 heterocycles. The first-order valence-electron chi connectivity index (χ1n) is 17.5. The maximum Gasteiger partial charge on any atom is 0.337 e. The summed E-state index contributed by atoms with van der Waals surface area (Å²) in [6, 6.07) is 19.1. The van der Waals surface area contributed by atoms with E-state index in [0.29, 0.717) is 54.0 Å². The quantitative estimate of drug-likeness (QED) is 0.102. The van der Waals surface area contributed by atoms with E-state index < -0.39 is 29.9 Å². The summed E-state index contributed by atoms with van der Waals surface area (Å²) in [6.45, 7) is 4.25. The van der Waals surface area contributed by atoms with E-state index in [0.717, 1.165) is 30.7 Å². The summed E-state index contributed by atoms with van der Waals surface area (Å²) >= 11 is 0. The van der Waals surface area contributed by atoms with Gasteiger partial charge in [-0.2, -0.15) is 0 Å². The van der Waals surface area contributed by atoms with Crippen LogP contribution >= 0.6 is 12.4 Å². The van der Waals surface area contributed by atoms with E-state index in [1.807, 2.05) is 30.3 Å². The molecule has 0 aliphatic carbocycles. The summed E-state index contributed by atoms with van der Waals surface area (Å²) < 4.78 is 10.9. The first kappa shape index (κ1) is 41.5. The van der Waals surface area contributed by atoms with E-state index >= 15 is 0 Å². The number of hydrogen-bond acceptors (Lipinski definition) is 11. The SMILES string of the molecule is COC(=O)c1ccc2c(C(=Nc3ccc(N(C)C(=O)CN4CCN(C)CC4)cc3)c3ccccc3)c(O)n(C(=O)N[C@@H](CCCCN)C(=O)OC)c2c1.Cl. The number of piperazine rings is 1. The molecule has 54 heavy (non-hydrogen) atoms. The van der Waals surface area contributed by atoms with Crippen molar-refractivity contribution in [2.45, 2.75) is 25.3 Å². The zero-order valence-electron chi connectivity index (χ0n) is 31.0. The van der Waals surface area contributed by atoms with Crippen molar-refractivity contribution in [3.8, 4) is 5.88 Å². The van der Waals surface area contributed by atoms with E-state index in [2.05, 4.69) is 22.2 Å². The zero-order chi connectivity index (χ0) is 38.1. The highest BCUT2D eigenvalue weighted by Gasteiger charge is 2.29. The Balaban J connectivity index is 0.00000650. The van der Waals surface area contributed by atoms with Crippen LogP contribution < -0.4 is 16.0 Å². The summed E-state index contributed by atoms with van der Waals surface area (Å²) in [6.07, 6.45) is 1.45. The fourth-order valence-electron chi connectivity index (χ4n) is 6.24. The summed E-state index contributed by atoms with van der Waals surface area (Å²) in [5.41, 5.74) is 8.38. The number of unbranched alkanes of at least 4 members (excludes halogenated alkanes) is 1. The van der Waals surface area contributed by atoms with Gasteiger partial charge in [0, 0.05) is 49.9 Å². The minimum Gasteiger partial charge on any atom is -0.494 e. The number of aromatic nitrogens is 1. The van der Waals surface area contributed by atoms with Gasteiger partial charge in [0.2, 0.25) is 11.8 Å². The number of nitrogens with one attached hydrogen (secondary N) is 1. The van der Waals surface area contributed by atoms with Crippen molar-refractivity contribution in [1.82, 2.24) is 19.7 Å². The molecule has 2 amide bonds. The van der Waals surface area contributed by atoms with Gasteiger partial charge < -0.3 is 35.4 Å². The van der Waals surface area contributed by atoms with Crippen LogP contribution in [0.3, 0.4) is 0 Å². The number of esters is 2. The number of carbonyl (C=O) groups excluding carboxylic acids is 4. The van der Waals surface area contributed by atoms with Crippen molar-refractivity contribution in [1.29, 1.82) is 0 Å². The highest BCUT2D eigenvalue weighted by molar-refractivity contribution is 6.23. The van der Waals surface area contributed by atoms with Gasteiger partial charge in [-0.3, -0.25) is 9.69 Å². The van der Waals surface area contributed by atoms with Crippen LogP contribution in [0, 0.1) is 0 Å². The summed E-state index contributed by atoms with van der Waals surface area (Å²) in [4.78, 5) is 63.4. The van der Waals surface area contributed by atoms with E-state index in [-0.39, 0.29) is 41.4 Å². The molecule has 288 valence electrons. The first-order valence-corrected chi connectivity index (χ1v) is 17.5. The fourth-order valence-corrected chi connectivity index (χ4v) is 6.24. The number of benzene rings is 3. The maximum atomic E-state index is 14.0. The van der Waals surface area contributed by atoms with Gasteiger partial charge in [-0.15, -0.1) is 12.4 Å². The van der Waals surface area contributed by atoms with Gasteiger partial charge in [0.15, 0.2) is 0 Å². The van der Waals surface area contributed by atoms with Crippen LogP contribution in [0.4, 0.5) is 16.2 Å². The van der Waals surface area contributed by atoms with E-state index in [1.54, 1.807) is 42.3 Å². The number of fused-ring (bicyclic) bond motifs is 1. The lowest BCUT2D eigenvalue weighted by Crippen LogP contribution is -2.48. The van der Waals surface area contributed by atoms with Crippen molar-refractivity contribution < 1.29 is 33.8 Å². The van der Waals surface area contributed by atoms with E-state index in [4.69, 9.17) is 20.2 Å². The fraction of sp³-hybridized carbons (Fsp3) is 0.359. The zero-order valence-corrected chi connectivity index (χ0v) is 31.8. The molecule has 1 aliphatic rings. The lowest BCUT2D eigenvalue weighted by Gasteiger charge is -2.32. The number of nitrogens with zero attached hydrogens (tertiary/aromatic N) is 5. The molecule has 1 fully saturated rings. The van der Waals surface area contributed by atoms with Crippen molar-refractivity contribution in [3.63, 3.8) is 0 Å². The molecule has 3 aromatic carbocycles. The molecule has 15 heteroatoms. The number of rotatable bonds is 13. The third-order valence-electron chi connectivity index (χ3n) is 9.39. The number of anilines is 1. The molecule has 0 saturated carbocycles. The van der Waals surface area contributed by atoms with Crippen LogP contribution in [0.5, 0.6) is 5.88 Å². The molecule has 5 rings (SSSR count). The number of carbonyl (C=O) groups is 4. The van der Waals surface area contributed by atoms with Crippen LogP contribution in [0.1, 0.15) is 40.7 Å². The minimum absolute atomic E-state index is 0. The molecule has 1 aromatic heterocycles. The molecule has 4 N–H and O–H groups in total. The van der Waals surface area contributed by atoms with Crippen molar-refractivity contribution in [2.75, 3.05) is 72.5 Å². The normalized spacial score (nSPS) is 14.2. The van der Waals surface area contributed by atoms with E-state index in [1.165, 1.54) is 26.4 Å². The molecule has 1 atom stereocenters. The van der Waals surface area contributed by atoms with Gasteiger partial charge in [0.05, 0.1) is 48.8 Å².